The largest absolute Gasteiger partial charge is 0.481 e. The van der Waals surface area contributed by atoms with E-state index in [1.807, 2.05) is 0 Å². The molecule has 0 aliphatic heterocycles. The van der Waals surface area contributed by atoms with Crippen molar-refractivity contribution >= 4 is 11.9 Å². The first-order valence-corrected chi connectivity index (χ1v) is 16.3. The quantitative estimate of drug-likeness (QED) is 0.0565. The monoisotopic (exact) mass is 534 g/mol. The van der Waals surface area contributed by atoms with Gasteiger partial charge in [0.15, 0.2) is 0 Å². The molecule has 0 heterocycles. The Morgan fingerprint density at radius 3 is 1.45 bits per heavy atom. The van der Waals surface area contributed by atoms with Crippen LogP contribution in [0.3, 0.4) is 0 Å². The Bertz CT molecular complexity index is 569. The molecule has 1 unspecified atom stereocenters. The van der Waals surface area contributed by atoms with Crippen LogP contribution in [0, 0.1) is 5.92 Å². The Balaban J connectivity index is 3.31. The predicted molar refractivity (Wildman–Crippen MR) is 163 cm³/mol. The number of rotatable bonds is 30. The van der Waals surface area contributed by atoms with Crippen molar-refractivity contribution in [2.75, 3.05) is 6.61 Å². The Labute approximate surface area is 236 Å². The first-order chi connectivity index (χ1) is 18.6. The van der Waals surface area contributed by atoms with Crippen molar-refractivity contribution in [3.05, 3.63) is 24.8 Å². The maximum absolute atomic E-state index is 11.6. The molecule has 0 aromatic carbocycles. The minimum Gasteiger partial charge on any atom is -0.481 e. The van der Waals surface area contributed by atoms with Gasteiger partial charge in [0.25, 0.3) is 0 Å². The van der Waals surface area contributed by atoms with Gasteiger partial charge in [-0.15, -0.1) is 0 Å². The maximum Gasteiger partial charge on any atom is 0.307 e. The van der Waals surface area contributed by atoms with Crippen molar-refractivity contribution in [1.82, 2.24) is 0 Å². The van der Waals surface area contributed by atoms with Crippen LogP contribution < -0.4 is 0 Å². The molecule has 0 saturated heterocycles. The van der Waals surface area contributed by atoms with E-state index < -0.39 is 17.9 Å². The molecular formula is C34H62O4. The molecule has 0 aromatic heterocycles. The second kappa shape index (κ2) is 30.0. The highest BCUT2D eigenvalue weighted by molar-refractivity contribution is 5.78. The number of carboxylic acid groups (broad SMARTS) is 1. The average Bonchev–Trinajstić information content (AvgIpc) is 2.91. The van der Waals surface area contributed by atoms with Gasteiger partial charge in [-0.1, -0.05) is 154 Å². The summed E-state index contributed by atoms with van der Waals surface area (Å²) in [6.07, 6.45) is 37.1. The van der Waals surface area contributed by atoms with E-state index in [0.29, 0.717) is 6.42 Å². The number of aliphatic carboxylic acids is 1. The van der Waals surface area contributed by atoms with Gasteiger partial charge in [0.1, 0.15) is 6.61 Å². The van der Waals surface area contributed by atoms with E-state index in [4.69, 9.17) is 4.74 Å². The first-order valence-electron chi connectivity index (χ1n) is 16.3. The number of hydrogen-bond donors (Lipinski definition) is 1. The van der Waals surface area contributed by atoms with Crippen LogP contribution in [0.2, 0.25) is 0 Å². The molecule has 0 rings (SSSR count). The molecule has 0 fully saturated rings. The van der Waals surface area contributed by atoms with Crippen molar-refractivity contribution in [2.24, 2.45) is 5.92 Å². The highest BCUT2D eigenvalue weighted by Crippen LogP contribution is 2.18. The van der Waals surface area contributed by atoms with E-state index in [1.54, 1.807) is 0 Å². The van der Waals surface area contributed by atoms with Gasteiger partial charge in [0.2, 0.25) is 0 Å². The molecule has 1 atom stereocenters. The lowest BCUT2D eigenvalue weighted by Crippen LogP contribution is -2.19. The van der Waals surface area contributed by atoms with Gasteiger partial charge in [-0.25, -0.2) is 0 Å². The van der Waals surface area contributed by atoms with Crippen LogP contribution in [0.25, 0.3) is 0 Å². The number of allylic oxidation sites excluding steroid dienone is 2. The molecule has 0 aromatic rings. The second-order valence-corrected chi connectivity index (χ2v) is 11.1. The van der Waals surface area contributed by atoms with Crippen molar-refractivity contribution in [1.29, 1.82) is 0 Å². The van der Waals surface area contributed by atoms with Gasteiger partial charge in [-0.05, 0) is 32.1 Å². The van der Waals surface area contributed by atoms with Crippen molar-refractivity contribution in [2.45, 2.75) is 167 Å². The third-order valence-electron chi connectivity index (χ3n) is 7.44. The van der Waals surface area contributed by atoms with Gasteiger partial charge in [-0.3, -0.25) is 9.59 Å². The van der Waals surface area contributed by atoms with Crippen LogP contribution in [0.1, 0.15) is 167 Å². The summed E-state index contributed by atoms with van der Waals surface area (Å²) in [5, 5.41) is 9.31. The zero-order valence-corrected chi connectivity index (χ0v) is 25.1. The fraction of sp³-hybridized carbons (Fsp3) is 0.824. The maximum atomic E-state index is 11.6. The van der Waals surface area contributed by atoms with Gasteiger partial charge in [0, 0.05) is 0 Å². The normalized spacial score (nSPS) is 12.1. The smallest absolute Gasteiger partial charge is 0.307 e. The molecule has 0 amide bonds. The summed E-state index contributed by atoms with van der Waals surface area (Å²) in [5.74, 6) is -1.98. The standard InChI is InChI=1S/C34H62O4/c1-3-5-6-7-8-9-10-11-12-13-14-15-16-17-18-19-20-21-22-23-24-25-26-27-28-29-32(34(36)37)31-33(35)38-30-4-2/h4,8-9,32H,2-3,5-7,10-31H2,1H3,(H,36,37)/b9-8+. The minimum absolute atomic E-state index is 0.0409. The fourth-order valence-electron chi connectivity index (χ4n) is 4.95. The van der Waals surface area contributed by atoms with Crippen LogP contribution >= 0.6 is 0 Å². The van der Waals surface area contributed by atoms with Crippen LogP contribution in [-0.2, 0) is 14.3 Å². The van der Waals surface area contributed by atoms with E-state index in [-0.39, 0.29) is 13.0 Å². The van der Waals surface area contributed by atoms with Crippen molar-refractivity contribution in [3.8, 4) is 0 Å². The highest BCUT2D eigenvalue weighted by Gasteiger charge is 2.21. The summed E-state index contributed by atoms with van der Waals surface area (Å²) in [5.41, 5.74) is 0. The molecule has 4 nitrogen and oxygen atoms in total. The predicted octanol–water partition coefficient (Wildman–Crippen LogP) is 10.7. The molecular weight excluding hydrogens is 472 g/mol. The van der Waals surface area contributed by atoms with Gasteiger partial charge in [-0.2, -0.15) is 0 Å². The van der Waals surface area contributed by atoms with Gasteiger partial charge in [0.05, 0.1) is 12.3 Å². The van der Waals surface area contributed by atoms with Gasteiger partial charge < -0.3 is 9.84 Å². The van der Waals surface area contributed by atoms with E-state index >= 15 is 0 Å². The summed E-state index contributed by atoms with van der Waals surface area (Å²) in [6, 6.07) is 0. The molecule has 0 aliphatic carbocycles. The number of hydrogen-bond acceptors (Lipinski definition) is 3. The lowest BCUT2D eigenvalue weighted by Gasteiger charge is -2.11. The topological polar surface area (TPSA) is 63.6 Å². The SMILES string of the molecule is C=CCOC(=O)CC(CCCCCCCCCCCCCCCCCCCC/C=C/CCCCC)C(=O)O. The molecule has 0 spiro atoms. The highest BCUT2D eigenvalue weighted by atomic mass is 16.5. The van der Waals surface area contributed by atoms with Crippen molar-refractivity contribution in [3.63, 3.8) is 0 Å². The van der Waals surface area contributed by atoms with Crippen LogP contribution in [0.4, 0.5) is 0 Å². The van der Waals surface area contributed by atoms with Crippen LogP contribution in [-0.4, -0.2) is 23.7 Å². The van der Waals surface area contributed by atoms with E-state index in [0.717, 1.165) is 19.3 Å². The molecule has 38 heavy (non-hydrogen) atoms. The van der Waals surface area contributed by atoms with Crippen LogP contribution in [0.15, 0.2) is 24.8 Å². The van der Waals surface area contributed by atoms with E-state index in [1.165, 1.54) is 134 Å². The number of ether oxygens (including phenoxy) is 1. The first kappa shape index (κ1) is 36.4. The third kappa shape index (κ3) is 27.5. The number of esters is 1. The average molecular weight is 535 g/mol. The Morgan fingerprint density at radius 1 is 0.658 bits per heavy atom. The summed E-state index contributed by atoms with van der Waals surface area (Å²) in [4.78, 5) is 23.0. The third-order valence-corrected chi connectivity index (χ3v) is 7.44. The molecule has 0 aliphatic rings. The van der Waals surface area contributed by atoms with E-state index in [9.17, 15) is 14.7 Å². The summed E-state index contributed by atoms with van der Waals surface area (Å²) >= 11 is 0. The zero-order valence-electron chi connectivity index (χ0n) is 25.1. The Kier molecular flexibility index (Phi) is 28.7. The number of carbonyl (C=O) groups excluding carboxylic acids is 1. The minimum atomic E-state index is -0.900. The Morgan fingerprint density at radius 2 is 1.05 bits per heavy atom. The number of carboxylic acids is 1. The van der Waals surface area contributed by atoms with Crippen LogP contribution in [0.5, 0.6) is 0 Å². The molecule has 222 valence electrons. The lowest BCUT2D eigenvalue weighted by molar-refractivity contribution is -0.151. The summed E-state index contributed by atoms with van der Waals surface area (Å²) < 4.78 is 4.91. The molecule has 4 heteroatoms. The summed E-state index contributed by atoms with van der Waals surface area (Å²) in [6.45, 7) is 5.90. The second-order valence-electron chi connectivity index (χ2n) is 11.1. The zero-order chi connectivity index (χ0) is 27.9. The number of unbranched alkanes of at least 4 members (excludes halogenated alkanes) is 21. The Hall–Kier alpha value is -1.58. The fourth-order valence-corrected chi connectivity index (χ4v) is 4.95. The lowest BCUT2D eigenvalue weighted by atomic mass is 9.97. The molecule has 0 bridgehead atoms. The van der Waals surface area contributed by atoms with E-state index in [2.05, 4.69) is 25.7 Å². The molecule has 0 saturated carbocycles. The summed E-state index contributed by atoms with van der Waals surface area (Å²) in [7, 11) is 0. The van der Waals surface area contributed by atoms with Gasteiger partial charge >= 0.3 is 11.9 Å². The molecule has 0 radical (unpaired) electrons. The molecule has 1 N–H and O–H groups in total. The van der Waals surface area contributed by atoms with Crippen molar-refractivity contribution < 1.29 is 19.4 Å². The number of carbonyl (C=O) groups is 2.